The van der Waals surface area contributed by atoms with Gasteiger partial charge in [-0.3, -0.25) is 4.79 Å². The number of hydrogen-bond acceptors (Lipinski definition) is 4. The first-order chi connectivity index (χ1) is 10.0. The number of carboxylic acid groups (broad SMARTS) is 1. The standard InChI is InChI=1S/C14H12BrNO4S/c1-21-7-8-5-6-11(20-8)13(17)16-12-9(14(18)19)3-2-4-10(12)15/h2-6H,7H2,1H3,(H,16,17)(H,18,19). The number of para-hydroxylation sites is 1. The van der Waals surface area contributed by atoms with E-state index in [2.05, 4.69) is 21.2 Å². The third-order valence-corrected chi connectivity index (χ3v) is 3.89. The summed E-state index contributed by atoms with van der Waals surface area (Å²) in [5.41, 5.74) is 0.214. The maximum absolute atomic E-state index is 12.1. The number of halogens is 1. The van der Waals surface area contributed by atoms with Crippen LogP contribution >= 0.6 is 27.7 Å². The van der Waals surface area contributed by atoms with E-state index >= 15 is 0 Å². The molecule has 2 aromatic rings. The summed E-state index contributed by atoms with van der Waals surface area (Å²) in [5.74, 6) is -0.0990. The van der Waals surface area contributed by atoms with Gasteiger partial charge in [0.15, 0.2) is 5.76 Å². The molecule has 0 aliphatic heterocycles. The minimum atomic E-state index is -1.12. The van der Waals surface area contributed by atoms with Gasteiger partial charge in [0.1, 0.15) is 5.76 Å². The molecule has 1 aromatic heterocycles. The largest absolute Gasteiger partial charge is 0.478 e. The van der Waals surface area contributed by atoms with Gasteiger partial charge in [-0.05, 0) is 46.5 Å². The van der Waals surface area contributed by atoms with E-state index < -0.39 is 11.9 Å². The molecule has 0 fully saturated rings. The smallest absolute Gasteiger partial charge is 0.337 e. The average Bonchev–Trinajstić information content (AvgIpc) is 2.90. The topological polar surface area (TPSA) is 79.5 Å². The molecular formula is C14H12BrNO4S. The number of furan rings is 1. The highest BCUT2D eigenvalue weighted by Gasteiger charge is 2.18. The van der Waals surface area contributed by atoms with Crippen molar-refractivity contribution in [2.24, 2.45) is 0 Å². The van der Waals surface area contributed by atoms with Crippen molar-refractivity contribution in [3.05, 3.63) is 51.9 Å². The summed E-state index contributed by atoms with van der Waals surface area (Å²) in [7, 11) is 0. The molecule has 0 aliphatic rings. The second-order valence-electron chi connectivity index (χ2n) is 4.12. The van der Waals surface area contributed by atoms with Crippen LogP contribution in [0.5, 0.6) is 0 Å². The van der Waals surface area contributed by atoms with Crippen molar-refractivity contribution in [3.8, 4) is 0 Å². The Bertz CT molecular complexity index is 683. The second-order valence-corrected chi connectivity index (χ2v) is 5.84. The number of amides is 1. The molecule has 0 bridgehead atoms. The number of rotatable bonds is 5. The van der Waals surface area contributed by atoms with Crippen LogP contribution in [0.1, 0.15) is 26.7 Å². The summed E-state index contributed by atoms with van der Waals surface area (Å²) in [4.78, 5) is 23.3. The van der Waals surface area contributed by atoms with Crippen LogP contribution in [0.4, 0.5) is 5.69 Å². The first-order valence-corrected chi connectivity index (χ1v) is 8.12. The molecule has 7 heteroatoms. The third-order valence-electron chi connectivity index (χ3n) is 2.65. The quantitative estimate of drug-likeness (QED) is 0.836. The molecule has 0 unspecified atom stereocenters. The molecule has 110 valence electrons. The molecule has 0 saturated carbocycles. The summed E-state index contributed by atoms with van der Waals surface area (Å²) in [6, 6.07) is 7.96. The fourth-order valence-corrected chi connectivity index (χ4v) is 2.63. The van der Waals surface area contributed by atoms with E-state index in [1.165, 1.54) is 6.07 Å². The number of aromatic carboxylic acids is 1. The molecule has 21 heavy (non-hydrogen) atoms. The lowest BCUT2D eigenvalue weighted by atomic mass is 10.2. The lowest BCUT2D eigenvalue weighted by molar-refractivity contribution is 0.0698. The Hall–Kier alpha value is -1.73. The second kappa shape index (κ2) is 6.82. The number of carboxylic acids is 1. The first kappa shape index (κ1) is 15.7. The van der Waals surface area contributed by atoms with Gasteiger partial charge in [-0.15, -0.1) is 0 Å². The van der Waals surface area contributed by atoms with Gasteiger partial charge in [0.2, 0.25) is 0 Å². The minimum absolute atomic E-state index is 0.00798. The molecule has 1 heterocycles. The Balaban J connectivity index is 2.25. The molecule has 5 nitrogen and oxygen atoms in total. The lowest BCUT2D eigenvalue weighted by Crippen LogP contribution is -2.14. The van der Waals surface area contributed by atoms with Crippen LogP contribution in [-0.2, 0) is 5.75 Å². The zero-order valence-electron chi connectivity index (χ0n) is 11.1. The van der Waals surface area contributed by atoms with E-state index in [0.717, 1.165) is 0 Å². The number of carbonyl (C=O) groups excluding carboxylic acids is 1. The van der Waals surface area contributed by atoms with Crippen LogP contribution in [0.25, 0.3) is 0 Å². The number of benzene rings is 1. The summed E-state index contributed by atoms with van der Waals surface area (Å²) in [6.45, 7) is 0. The molecule has 0 saturated heterocycles. The van der Waals surface area contributed by atoms with Crippen LogP contribution in [0.2, 0.25) is 0 Å². The molecule has 0 spiro atoms. The molecule has 1 aromatic carbocycles. The van der Waals surface area contributed by atoms with Crippen molar-refractivity contribution < 1.29 is 19.1 Å². The van der Waals surface area contributed by atoms with Crippen molar-refractivity contribution in [2.75, 3.05) is 11.6 Å². The van der Waals surface area contributed by atoms with E-state index in [0.29, 0.717) is 16.0 Å². The van der Waals surface area contributed by atoms with Crippen molar-refractivity contribution in [2.45, 2.75) is 5.75 Å². The predicted molar refractivity (Wildman–Crippen MR) is 85.0 cm³/mol. The maximum Gasteiger partial charge on any atom is 0.337 e. The van der Waals surface area contributed by atoms with Crippen LogP contribution in [0, 0.1) is 0 Å². The molecular weight excluding hydrogens is 358 g/mol. The summed E-state index contributed by atoms with van der Waals surface area (Å²) in [5, 5.41) is 11.7. The van der Waals surface area contributed by atoms with E-state index in [-0.39, 0.29) is 17.0 Å². The third kappa shape index (κ3) is 3.68. The van der Waals surface area contributed by atoms with Crippen LogP contribution in [-0.4, -0.2) is 23.2 Å². The van der Waals surface area contributed by atoms with E-state index in [9.17, 15) is 9.59 Å². The Morgan fingerprint density at radius 3 is 2.76 bits per heavy atom. The maximum atomic E-state index is 12.1. The molecule has 1 amide bonds. The highest BCUT2D eigenvalue weighted by atomic mass is 79.9. The minimum Gasteiger partial charge on any atom is -0.478 e. The molecule has 0 radical (unpaired) electrons. The zero-order valence-corrected chi connectivity index (χ0v) is 13.5. The number of thioether (sulfide) groups is 1. The lowest BCUT2D eigenvalue weighted by Gasteiger charge is -2.09. The molecule has 0 aliphatic carbocycles. The van der Waals surface area contributed by atoms with Gasteiger partial charge in [0, 0.05) is 4.47 Å². The normalized spacial score (nSPS) is 10.4. The number of hydrogen-bond donors (Lipinski definition) is 2. The van der Waals surface area contributed by atoms with Gasteiger partial charge in [-0.2, -0.15) is 11.8 Å². The first-order valence-electron chi connectivity index (χ1n) is 5.93. The summed E-state index contributed by atoms with van der Waals surface area (Å²) < 4.78 is 5.89. The van der Waals surface area contributed by atoms with Gasteiger partial charge in [0.05, 0.1) is 17.0 Å². The van der Waals surface area contributed by atoms with E-state index in [4.69, 9.17) is 9.52 Å². The Labute approximate surface area is 133 Å². The fourth-order valence-electron chi connectivity index (χ4n) is 1.72. The van der Waals surface area contributed by atoms with Crippen LogP contribution in [0.3, 0.4) is 0 Å². The van der Waals surface area contributed by atoms with Crippen molar-refractivity contribution in [1.29, 1.82) is 0 Å². The van der Waals surface area contributed by atoms with Gasteiger partial charge >= 0.3 is 5.97 Å². The highest BCUT2D eigenvalue weighted by Crippen LogP contribution is 2.27. The highest BCUT2D eigenvalue weighted by molar-refractivity contribution is 9.10. The number of carbonyl (C=O) groups is 2. The SMILES string of the molecule is CSCc1ccc(C(=O)Nc2c(Br)cccc2C(=O)O)o1. The van der Waals surface area contributed by atoms with Gasteiger partial charge < -0.3 is 14.8 Å². The monoisotopic (exact) mass is 369 g/mol. The van der Waals surface area contributed by atoms with Crippen molar-refractivity contribution in [3.63, 3.8) is 0 Å². The van der Waals surface area contributed by atoms with Crippen LogP contribution in [0.15, 0.2) is 39.2 Å². The zero-order chi connectivity index (χ0) is 15.4. The van der Waals surface area contributed by atoms with Gasteiger partial charge in [-0.25, -0.2) is 4.79 Å². The van der Waals surface area contributed by atoms with Crippen LogP contribution < -0.4 is 5.32 Å². The molecule has 2 rings (SSSR count). The predicted octanol–water partition coefficient (Wildman–Crippen LogP) is 3.86. The Morgan fingerprint density at radius 1 is 1.33 bits per heavy atom. The summed E-state index contributed by atoms with van der Waals surface area (Å²) in [6.07, 6.45) is 1.93. The molecule has 2 N–H and O–H groups in total. The van der Waals surface area contributed by atoms with Gasteiger partial charge in [-0.1, -0.05) is 6.07 Å². The van der Waals surface area contributed by atoms with E-state index in [1.54, 1.807) is 36.0 Å². The Morgan fingerprint density at radius 2 is 2.10 bits per heavy atom. The number of anilines is 1. The number of nitrogens with one attached hydrogen (secondary N) is 1. The summed E-state index contributed by atoms with van der Waals surface area (Å²) >= 11 is 4.82. The van der Waals surface area contributed by atoms with E-state index in [1.807, 2.05) is 6.26 Å². The van der Waals surface area contributed by atoms with Crippen molar-refractivity contribution in [1.82, 2.24) is 0 Å². The Kier molecular flexibility index (Phi) is 5.08. The van der Waals surface area contributed by atoms with Crippen molar-refractivity contribution >= 4 is 45.3 Å². The fraction of sp³-hybridized carbons (Fsp3) is 0.143. The average molecular weight is 370 g/mol. The van der Waals surface area contributed by atoms with Gasteiger partial charge in [0.25, 0.3) is 5.91 Å². The molecule has 0 atom stereocenters.